The Morgan fingerprint density at radius 3 is 2.28 bits per heavy atom. The smallest absolute Gasteiger partial charge is 0.243 e. The Labute approximate surface area is 211 Å². The highest BCUT2D eigenvalue weighted by molar-refractivity contribution is 5.91. The third kappa shape index (κ3) is 8.03. The number of aliphatic hydroxyl groups excluding tert-OH is 1. The second-order valence-electron chi connectivity index (χ2n) is 8.92. The lowest BCUT2D eigenvalue weighted by Gasteiger charge is -2.26. The molecule has 0 spiro atoms. The Balaban J connectivity index is 1.52. The second kappa shape index (κ2) is 14.2. The maximum atomic E-state index is 13.2. The normalized spacial score (nSPS) is 12.3. The number of aliphatic hydroxyl groups is 1. The number of unbranched alkanes of at least 4 members (excludes halogenated alkanes) is 3. The minimum absolute atomic E-state index is 0.0657. The number of hydroxylamine groups is 1. The summed E-state index contributed by atoms with van der Waals surface area (Å²) in [6.45, 7) is 0.148. The molecule has 1 aliphatic carbocycles. The number of hydrogen-bond donors (Lipinski definition) is 4. The zero-order valence-corrected chi connectivity index (χ0v) is 20.5. The fourth-order valence-corrected chi connectivity index (χ4v) is 4.41. The quantitative estimate of drug-likeness (QED) is 0.194. The molecular formula is C28H35N3O5. The van der Waals surface area contributed by atoms with Crippen LogP contribution >= 0.6 is 0 Å². The van der Waals surface area contributed by atoms with Gasteiger partial charge in [-0.1, -0.05) is 55.3 Å². The molecule has 0 unspecified atom stereocenters. The molecule has 3 amide bonds. The molecule has 3 rings (SSSR count). The van der Waals surface area contributed by atoms with E-state index in [9.17, 15) is 19.5 Å². The van der Waals surface area contributed by atoms with E-state index in [1.54, 1.807) is 22.5 Å². The molecule has 0 aliphatic heterocycles. The first-order valence-electron chi connectivity index (χ1n) is 12.5. The van der Waals surface area contributed by atoms with Gasteiger partial charge >= 0.3 is 0 Å². The lowest BCUT2D eigenvalue weighted by Crippen LogP contribution is -2.41. The van der Waals surface area contributed by atoms with E-state index in [0.29, 0.717) is 18.5 Å². The van der Waals surface area contributed by atoms with Gasteiger partial charge < -0.3 is 15.3 Å². The van der Waals surface area contributed by atoms with Crippen molar-refractivity contribution in [2.45, 2.75) is 57.8 Å². The van der Waals surface area contributed by atoms with Gasteiger partial charge in [-0.3, -0.25) is 19.6 Å². The average molecular weight is 494 g/mol. The lowest BCUT2D eigenvalue weighted by atomic mass is 10.0. The Morgan fingerprint density at radius 1 is 0.889 bits per heavy atom. The molecule has 4 N–H and O–H groups in total. The van der Waals surface area contributed by atoms with E-state index in [4.69, 9.17) is 5.21 Å². The summed E-state index contributed by atoms with van der Waals surface area (Å²) in [5.74, 6) is -0.537. The number of fused-ring (bicyclic) bond motifs is 1. The number of rotatable bonds is 13. The molecule has 192 valence electrons. The third-order valence-electron chi connectivity index (χ3n) is 6.24. The summed E-state index contributed by atoms with van der Waals surface area (Å²) in [4.78, 5) is 38.1. The van der Waals surface area contributed by atoms with Crippen LogP contribution in [0, 0.1) is 0 Å². The molecule has 8 heteroatoms. The Kier molecular flexibility index (Phi) is 10.7. The molecule has 0 bridgehead atoms. The van der Waals surface area contributed by atoms with Crippen molar-refractivity contribution in [2.24, 2.45) is 0 Å². The van der Waals surface area contributed by atoms with Crippen molar-refractivity contribution in [2.75, 3.05) is 18.5 Å². The van der Waals surface area contributed by atoms with Gasteiger partial charge in [-0.05, 0) is 48.6 Å². The largest absolute Gasteiger partial charge is 0.395 e. The van der Waals surface area contributed by atoms with E-state index in [1.165, 1.54) is 0 Å². The van der Waals surface area contributed by atoms with Gasteiger partial charge in [-0.15, -0.1) is 0 Å². The first kappa shape index (κ1) is 27.1. The summed E-state index contributed by atoms with van der Waals surface area (Å²) in [5.41, 5.74) is 4.07. The summed E-state index contributed by atoms with van der Waals surface area (Å²) in [7, 11) is 0. The number of carbonyl (C=O) groups excluding carboxylic acids is 3. The van der Waals surface area contributed by atoms with Gasteiger partial charge in [0.25, 0.3) is 0 Å². The minimum Gasteiger partial charge on any atom is -0.395 e. The highest BCUT2D eigenvalue weighted by Gasteiger charge is 2.20. The van der Waals surface area contributed by atoms with Crippen LogP contribution in [0.2, 0.25) is 0 Å². The van der Waals surface area contributed by atoms with Crippen LogP contribution in [0.15, 0.2) is 48.5 Å². The predicted octanol–water partition coefficient (Wildman–Crippen LogP) is 2.22. The molecule has 0 atom stereocenters. The molecule has 36 heavy (non-hydrogen) atoms. The summed E-state index contributed by atoms with van der Waals surface area (Å²) < 4.78 is 0. The Hall–Kier alpha value is -3.49. The van der Waals surface area contributed by atoms with Crippen LogP contribution in [0.25, 0.3) is 11.8 Å². The number of hydrogen-bond acceptors (Lipinski definition) is 5. The van der Waals surface area contributed by atoms with Crippen molar-refractivity contribution >= 4 is 35.2 Å². The fourth-order valence-electron chi connectivity index (χ4n) is 4.41. The zero-order chi connectivity index (χ0) is 25.8. The van der Waals surface area contributed by atoms with Crippen LogP contribution < -0.4 is 21.2 Å². The Morgan fingerprint density at radius 2 is 1.58 bits per heavy atom. The lowest BCUT2D eigenvalue weighted by molar-refractivity contribution is -0.129. The molecule has 0 saturated carbocycles. The molecule has 0 heterocycles. The monoisotopic (exact) mass is 493 g/mol. The number of benzene rings is 2. The number of carbonyl (C=O) groups is 3. The van der Waals surface area contributed by atoms with Crippen LogP contribution in [0.3, 0.4) is 0 Å². The molecule has 0 aromatic heterocycles. The van der Waals surface area contributed by atoms with E-state index in [1.807, 2.05) is 36.4 Å². The summed E-state index contributed by atoms with van der Waals surface area (Å²) in [6.07, 6.45) is 7.71. The highest BCUT2D eigenvalue weighted by atomic mass is 16.5. The average Bonchev–Trinajstić information content (AvgIpc) is 2.90. The van der Waals surface area contributed by atoms with Crippen LogP contribution in [0.5, 0.6) is 0 Å². The van der Waals surface area contributed by atoms with Gasteiger partial charge in [0.15, 0.2) is 0 Å². The Bertz CT molecular complexity index is 1160. The van der Waals surface area contributed by atoms with Gasteiger partial charge in [0, 0.05) is 36.0 Å². The summed E-state index contributed by atoms with van der Waals surface area (Å²) in [5, 5.41) is 23.1. The number of nitrogens with zero attached hydrogens (tertiary/aromatic N) is 1. The number of anilines is 1. The van der Waals surface area contributed by atoms with Gasteiger partial charge in [-0.25, -0.2) is 5.48 Å². The molecule has 0 fully saturated rings. The van der Waals surface area contributed by atoms with Crippen LogP contribution in [-0.4, -0.2) is 46.1 Å². The summed E-state index contributed by atoms with van der Waals surface area (Å²) in [6, 6.07) is 15.3. The van der Waals surface area contributed by atoms with Crippen molar-refractivity contribution in [3.05, 3.63) is 64.5 Å². The third-order valence-corrected chi connectivity index (χ3v) is 6.24. The van der Waals surface area contributed by atoms with Gasteiger partial charge in [0.1, 0.15) is 0 Å². The minimum atomic E-state index is -0.393. The summed E-state index contributed by atoms with van der Waals surface area (Å²) >= 11 is 0. The van der Waals surface area contributed by atoms with Crippen molar-refractivity contribution in [3.63, 3.8) is 0 Å². The van der Waals surface area contributed by atoms with Crippen molar-refractivity contribution in [1.29, 1.82) is 0 Å². The standard InChI is InChI=1S/C28H35N3O5/c32-19-18-31(25-11-7-9-22-8-5-6-10-24(22)25)28(35)20-21-14-16-23(17-15-21)29-26(33)12-3-1-2-4-13-27(34)30-36/h5-6,8-10,14-17,32,36H,1-4,7,11-13,18-20H2,(H,29,33)(H,30,34). The van der Waals surface area contributed by atoms with Crippen LogP contribution in [0.1, 0.15) is 56.9 Å². The maximum Gasteiger partial charge on any atom is 0.243 e. The van der Waals surface area contributed by atoms with E-state index in [0.717, 1.165) is 53.8 Å². The molecule has 2 aromatic carbocycles. The molecule has 0 saturated heterocycles. The van der Waals surface area contributed by atoms with Crippen molar-refractivity contribution in [1.82, 2.24) is 10.4 Å². The highest BCUT2D eigenvalue weighted by Crippen LogP contribution is 2.17. The van der Waals surface area contributed by atoms with Crippen LogP contribution in [0.4, 0.5) is 5.69 Å². The number of nitrogens with one attached hydrogen (secondary N) is 2. The predicted molar refractivity (Wildman–Crippen MR) is 138 cm³/mol. The molecule has 1 aliphatic rings. The molecular weight excluding hydrogens is 458 g/mol. The first-order valence-corrected chi connectivity index (χ1v) is 12.5. The van der Waals surface area contributed by atoms with Crippen molar-refractivity contribution in [3.8, 4) is 0 Å². The number of amides is 3. The zero-order valence-electron chi connectivity index (χ0n) is 20.5. The van der Waals surface area contributed by atoms with Crippen molar-refractivity contribution < 1.29 is 24.7 Å². The van der Waals surface area contributed by atoms with E-state index < -0.39 is 5.91 Å². The molecule has 2 aromatic rings. The van der Waals surface area contributed by atoms with E-state index in [2.05, 4.69) is 11.4 Å². The van der Waals surface area contributed by atoms with Gasteiger partial charge in [0.2, 0.25) is 17.7 Å². The molecule has 0 radical (unpaired) electrons. The van der Waals surface area contributed by atoms with Gasteiger partial charge in [0.05, 0.1) is 13.0 Å². The molecule has 8 nitrogen and oxygen atoms in total. The fraction of sp³-hybridized carbons (Fsp3) is 0.393. The first-order chi connectivity index (χ1) is 17.5. The topological polar surface area (TPSA) is 119 Å². The van der Waals surface area contributed by atoms with Gasteiger partial charge in [-0.2, -0.15) is 0 Å². The SMILES string of the molecule is O=C(CCCCCCC(=O)Nc1ccc(CC(=O)N(CCO)C2=c3ccccc3=CCC2)cc1)NO. The van der Waals surface area contributed by atoms with E-state index in [-0.39, 0.29) is 37.8 Å². The second-order valence-corrected chi connectivity index (χ2v) is 8.92. The maximum absolute atomic E-state index is 13.2. The van der Waals surface area contributed by atoms with E-state index >= 15 is 0 Å². The van der Waals surface area contributed by atoms with Crippen LogP contribution in [-0.2, 0) is 20.8 Å².